The molecule has 0 radical (unpaired) electrons. The number of thioether (sulfide) groups is 1. The molecule has 0 spiro atoms. The van der Waals surface area contributed by atoms with Crippen molar-refractivity contribution in [3.63, 3.8) is 0 Å². The van der Waals surface area contributed by atoms with E-state index in [1.165, 1.54) is 28.5 Å². The average molecular weight is 257 g/mol. The molecule has 2 aromatic rings. The summed E-state index contributed by atoms with van der Waals surface area (Å²) >= 11 is 2.00. The van der Waals surface area contributed by atoms with Gasteiger partial charge in [-0.15, -0.1) is 11.8 Å². The van der Waals surface area contributed by atoms with Gasteiger partial charge in [0.25, 0.3) is 0 Å². The summed E-state index contributed by atoms with van der Waals surface area (Å²) in [5.41, 5.74) is 6.10. The SMILES string of the molecule is CC1C(N)CCC1Sc1ccc2ccccc2c1. The fraction of sp³-hybridized carbons (Fsp3) is 0.375. The standard InChI is InChI=1S/C16H19NS/c1-11-15(17)8-9-16(11)18-14-7-6-12-4-2-3-5-13(12)10-14/h2-7,10-11,15-16H,8-9,17H2,1H3. The van der Waals surface area contributed by atoms with Gasteiger partial charge in [0.1, 0.15) is 0 Å². The summed E-state index contributed by atoms with van der Waals surface area (Å²) in [6.45, 7) is 2.29. The molecular formula is C16H19NS. The summed E-state index contributed by atoms with van der Waals surface area (Å²) < 4.78 is 0. The van der Waals surface area contributed by atoms with Crippen molar-refractivity contribution in [2.75, 3.05) is 0 Å². The Bertz CT molecular complexity index is 552. The maximum Gasteiger partial charge on any atom is 0.0135 e. The number of rotatable bonds is 2. The van der Waals surface area contributed by atoms with E-state index in [4.69, 9.17) is 5.73 Å². The van der Waals surface area contributed by atoms with E-state index in [0.29, 0.717) is 17.2 Å². The predicted octanol–water partition coefficient (Wildman–Crippen LogP) is 4.06. The first-order chi connectivity index (χ1) is 8.74. The van der Waals surface area contributed by atoms with Gasteiger partial charge in [-0.3, -0.25) is 0 Å². The molecule has 0 amide bonds. The van der Waals surface area contributed by atoms with Crippen LogP contribution in [-0.4, -0.2) is 11.3 Å². The molecule has 2 heteroatoms. The first-order valence-corrected chi connectivity index (χ1v) is 7.53. The van der Waals surface area contributed by atoms with E-state index in [1.54, 1.807) is 0 Å². The Labute approximate surface area is 113 Å². The quantitative estimate of drug-likeness (QED) is 0.878. The summed E-state index contributed by atoms with van der Waals surface area (Å²) in [7, 11) is 0. The Morgan fingerprint density at radius 3 is 2.56 bits per heavy atom. The molecule has 1 saturated carbocycles. The van der Waals surface area contributed by atoms with E-state index in [9.17, 15) is 0 Å². The second kappa shape index (κ2) is 4.94. The third kappa shape index (κ3) is 2.27. The van der Waals surface area contributed by atoms with E-state index < -0.39 is 0 Å². The molecule has 0 aromatic heterocycles. The maximum absolute atomic E-state index is 6.10. The zero-order chi connectivity index (χ0) is 12.5. The summed E-state index contributed by atoms with van der Waals surface area (Å²) in [5, 5.41) is 3.33. The van der Waals surface area contributed by atoms with Crippen LogP contribution in [0.1, 0.15) is 19.8 Å². The third-order valence-electron chi connectivity index (χ3n) is 4.05. The zero-order valence-corrected chi connectivity index (χ0v) is 11.5. The lowest BCUT2D eigenvalue weighted by Gasteiger charge is -2.17. The van der Waals surface area contributed by atoms with E-state index in [0.717, 1.165) is 0 Å². The van der Waals surface area contributed by atoms with Gasteiger partial charge in [0.15, 0.2) is 0 Å². The maximum atomic E-state index is 6.10. The minimum atomic E-state index is 0.392. The Morgan fingerprint density at radius 1 is 1.06 bits per heavy atom. The Balaban J connectivity index is 1.82. The van der Waals surface area contributed by atoms with Crippen molar-refractivity contribution >= 4 is 22.5 Å². The van der Waals surface area contributed by atoms with Crippen molar-refractivity contribution in [1.29, 1.82) is 0 Å². The molecule has 1 aliphatic carbocycles. The highest BCUT2D eigenvalue weighted by molar-refractivity contribution is 8.00. The van der Waals surface area contributed by atoms with Crippen LogP contribution in [-0.2, 0) is 0 Å². The summed E-state index contributed by atoms with van der Waals surface area (Å²) in [5.74, 6) is 0.626. The number of benzene rings is 2. The van der Waals surface area contributed by atoms with Crippen molar-refractivity contribution in [2.24, 2.45) is 11.7 Å². The van der Waals surface area contributed by atoms with Gasteiger partial charge in [0.2, 0.25) is 0 Å². The number of hydrogen-bond acceptors (Lipinski definition) is 2. The van der Waals surface area contributed by atoms with Crippen LogP contribution in [0.4, 0.5) is 0 Å². The van der Waals surface area contributed by atoms with Crippen molar-refractivity contribution in [3.8, 4) is 0 Å². The summed E-state index contributed by atoms with van der Waals surface area (Å²) in [4.78, 5) is 1.37. The van der Waals surface area contributed by atoms with Crippen molar-refractivity contribution < 1.29 is 0 Å². The molecule has 1 aliphatic rings. The first-order valence-electron chi connectivity index (χ1n) is 6.65. The first kappa shape index (κ1) is 12.1. The fourth-order valence-corrected chi connectivity index (χ4v) is 4.10. The lowest BCUT2D eigenvalue weighted by atomic mass is 10.1. The van der Waals surface area contributed by atoms with Crippen LogP contribution in [0.25, 0.3) is 10.8 Å². The Hall–Kier alpha value is -0.990. The van der Waals surface area contributed by atoms with Crippen LogP contribution in [0.3, 0.4) is 0 Å². The van der Waals surface area contributed by atoms with E-state index in [1.807, 2.05) is 11.8 Å². The van der Waals surface area contributed by atoms with Crippen molar-refractivity contribution in [2.45, 2.75) is 36.0 Å². The average Bonchev–Trinajstić information content (AvgIpc) is 2.71. The Morgan fingerprint density at radius 2 is 1.83 bits per heavy atom. The number of hydrogen-bond donors (Lipinski definition) is 1. The topological polar surface area (TPSA) is 26.0 Å². The minimum Gasteiger partial charge on any atom is -0.327 e. The lowest BCUT2D eigenvalue weighted by molar-refractivity contribution is 0.535. The minimum absolute atomic E-state index is 0.392. The zero-order valence-electron chi connectivity index (χ0n) is 10.7. The predicted molar refractivity (Wildman–Crippen MR) is 80.0 cm³/mol. The lowest BCUT2D eigenvalue weighted by Crippen LogP contribution is -2.25. The molecule has 1 fully saturated rings. The van der Waals surface area contributed by atoms with E-state index >= 15 is 0 Å². The molecule has 2 N–H and O–H groups in total. The van der Waals surface area contributed by atoms with Crippen LogP contribution in [0.2, 0.25) is 0 Å². The largest absolute Gasteiger partial charge is 0.327 e. The highest BCUT2D eigenvalue weighted by Gasteiger charge is 2.30. The number of fused-ring (bicyclic) bond motifs is 1. The molecule has 94 valence electrons. The molecule has 0 bridgehead atoms. The molecule has 3 unspecified atom stereocenters. The van der Waals surface area contributed by atoms with Gasteiger partial charge in [-0.05, 0) is 41.7 Å². The van der Waals surface area contributed by atoms with E-state index in [-0.39, 0.29) is 0 Å². The van der Waals surface area contributed by atoms with Gasteiger partial charge in [0, 0.05) is 16.2 Å². The molecule has 0 heterocycles. The second-order valence-electron chi connectivity index (χ2n) is 5.27. The van der Waals surface area contributed by atoms with Crippen LogP contribution in [0.15, 0.2) is 47.4 Å². The molecular weight excluding hydrogens is 238 g/mol. The monoisotopic (exact) mass is 257 g/mol. The molecule has 0 aliphatic heterocycles. The van der Waals surface area contributed by atoms with Gasteiger partial charge >= 0.3 is 0 Å². The molecule has 3 atom stereocenters. The molecule has 1 nitrogen and oxygen atoms in total. The smallest absolute Gasteiger partial charge is 0.0135 e. The molecule has 3 rings (SSSR count). The fourth-order valence-electron chi connectivity index (χ4n) is 2.74. The van der Waals surface area contributed by atoms with Gasteiger partial charge in [-0.1, -0.05) is 37.3 Å². The molecule has 0 saturated heterocycles. The summed E-state index contributed by atoms with van der Waals surface area (Å²) in [6, 6.07) is 15.7. The van der Waals surface area contributed by atoms with Crippen molar-refractivity contribution in [3.05, 3.63) is 42.5 Å². The second-order valence-corrected chi connectivity index (χ2v) is 6.58. The third-order valence-corrected chi connectivity index (χ3v) is 5.55. The van der Waals surface area contributed by atoms with Gasteiger partial charge in [0.05, 0.1) is 0 Å². The van der Waals surface area contributed by atoms with Crippen molar-refractivity contribution in [1.82, 2.24) is 0 Å². The van der Waals surface area contributed by atoms with Crippen LogP contribution in [0, 0.1) is 5.92 Å². The highest BCUT2D eigenvalue weighted by Crippen LogP contribution is 2.38. The van der Waals surface area contributed by atoms with E-state index in [2.05, 4.69) is 49.4 Å². The Kier molecular flexibility index (Phi) is 3.31. The van der Waals surface area contributed by atoms with Crippen LogP contribution >= 0.6 is 11.8 Å². The van der Waals surface area contributed by atoms with Crippen LogP contribution < -0.4 is 5.73 Å². The van der Waals surface area contributed by atoms with Crippen LogP contribution in [0.5, 0.6) is 0 Å². The number of nitrogens with two attached hydrogens (primary N) is 1. The van der Waals surface area contributed by atoms with Gasteiger partial charge in [-0.2, -0.15) is 0 Å². The highest BCUT2D eigenvalue weighted by atomic mass is 32.2. The molecule has 18 heavy (non-hydrogen) atoms. The van der Waals surface area contributed by atoms with Gasteiger partial charge in [-0.25, -0.2) is 0 Å². The van der Waals surface area contributed by atoms with Gasteiger partial charge < -0.3 is 5.73 Å². The summed E-state index contributed by atoms with van der Waals surface area (Å²) in [6.07, 6.45) is 2.42. The molecule has 2 aromatic carbocycles. The normalized spacial score (nSPS) is 27.8.